The molecular formula is C37H49ClN5O9PS. The van der Waals surface area contributed by atoms with Gasteiger partial charge in [0.15, 0.2) is 0 Å². The van der Waals surface area contributed by atoms with E-state index in [9.17, 15) is 29.1 Å². The van der Waals surface area contributed by atoms with Crippen LogP contribution in [0.25, 0.3) is 0 Å². The molecule has 3 amide bonds. The highest BCUT2D eigenvalue weighted by atomic mass is 35.5. The molecule has 14 nitrogen and oxygen atoms in total. The van der Waals surface area contributed by atoms with E-state index in [2.05, 4.69) is 10.6 Å². The van der Waals surface area contributed by atoms with Gasteiger partial charge in [0.1, 0.15) is 17.5 Å². The van der Waals surface area contributed by atoms with Crippen LogP contribution in [0.5, 0.6) is 11.5 Å². The van der Waals surface area contributed by atoms with Gasteiger partial charge < -0.3 is 25.6 Å². The summed E-state index contributed by atoms with van der Waals surface area (Å²) in [5.74, 6) is 0.0494. The zero-order chi connectivity index (χ0) is 39.3. The summed E-state index contributed by atoms with van der Waals surface area (Å²) in [4.78, 5) is 49.1. The largest absolute Gasteiger partial charge is 0.492 e. The third kappa shape index (κ3) is 12.8. The van der Waals surface area contributed by atoms with Crippen molar-refractivity contribution in [2.75, 3.05) is 26.1 Å². The van der Waals surface area contributed by atoms with Crippen LogP contribution in [0.4, 0.5) is 5.00 Å². The number of primary amides is 1. The van der Waals surface area contributed by atoms with Crippen LogP contribution in [0.2, 0.25) is 0 Å². The van der Waals surface area contributed by atoms with Crippen LogP contribution in [0.15, 0.2) is 54.6 Å². The van der Waals surface area contributed by atoms with Crippen LogP contribution in [0.1, 0.15) is 91.2 Å². The number of nitro groups is 1. The molecule has 0 bridgehead atoms. The number of benzene rings is 2. The predicted molar refractivity (Wildman–Crippen MR) is 208 cm³/mol. The summed E-state index contributed by atoms with van der Waals surface area (Å²) in [7, 11) is -2.33. The predicted octanol–water partition coefficient (Wildman–Crippen LogP) is 7.29. The molecule has 294 valence electrons. The molecule has 3 atom stereocenters. The molecule has 1 heterocycles. The van der Waals surface area contributed by atoms with Gasteiger partial charge in [-0.2, -0.15) is 0 Å². The average Bonchev–Trinajstić information content (AvgIpc) is 3.63. The summed E-state index contributed by atoms with van der Waals surface area (Å²) >= 11 is 6.75. The van der Waals surface area contributed by atoms with Gasteiger partial charge >= 0.3 is 12.7 Å². The molecule has 1 aromatic heterocycles. The minimum absolute atomic E-state index is 0.0580. The van der Waals surface area contributed by atoms with Gasteiger partial charge in [0, 0.05) is 36.7 Å². The first kappa shape index (κ1) is 42.7. The van der Waals surface area contributed by atoms with Gasteiger partial charge in [-0.25, -0.2) is 9.24 Å². The van der Waals surface area contributed by atoms with Crippen molar-refractivity contribution >= 4 is 53.4 Å². The molecule has 54 heavy (non-hydrogen) atoms. The van der Waals surface area contributed by atoms with Crippen molar-refractivity contribution in [3.05, 3.63) is 86.3 Å². The number of halogens is 1. The second-order valence-corrected chi connectivity index (χ2v) is 17.0. The van der Waals surface area contributed by atoms with Crippen molar-refractivity contribution < 1.29 is 37.7 Å². The third-order valence-electron chi connectivity index (χ3n) is 9.09. The van der Waals surface area contributed by atoms with Gasteiger partial charge in [-0.15, -0.1) is 11.6 Å². The zero-order valence-corrected chi connectivity index (χ0v) is 33.3. The van der Waals surface area contributed by atoms with E-state index in [1.807, 2.05) is 0 Å². The molecule has 1 aliphatic carbocycles. The maximum Gasteiger partial charge on any atom is 0.461 e. The minimum Gasteiger partial charge on any atom is -0.492 e. The maximum absolute atomic E-state index is 14.0. The van der Waals surface area contributed by atoms with E-state index in [0.717, 1.165) is 24.2 Å². The first-order valence-electron chi connectivity index (χ1n) is 18.0. The molecule has 0 spiro atoms. The Labute approximate surface area is 324 Å². The lowest BCUT2D eigenvalue weighted by Crippen LogP contribution is -2.48. The number of carbonyl (C=O) groups is 3. The molecule has 2 aromatic carbocycles. The van der Waals surface area contributed by atoms with E-state index in [4.69, 9.17) is 31.1 Å². The summed E-state index contributed by atoms with van der Waals surface area (Å²) in [6, 6.07) is 13.1. The molecule has 4 N–H and O–H groups in total. The topological polar surface area (TPSA) is 192 Å². The number of hydrogen-bond donors (Lipinski definition) is 3. The Morgan fingerprint density at radius 1 is 1.07 bits per heavy atom. The van der Waals surface area contributed by atoms with Crippen LogP contribution in [0, 0.1) is 16.0 Å². The number of nitrogens with two attached hydrogens (primary N) is 1. The molecule has 0 radical (unpaired) electrons. The average molecular weight is 806 g/mol. The number of ether oxygens (including phenoxy) is 1. The molecule has 1 aliphatic rings. The normalized spacial score (nSPS) is 15.5. The molecule has 3 aromatic rings. The fourth-order valence-electron chi connectivity index (χ4n) is 6.04. The third-order valence-corrected chi connectivity index (χ3v) is 12.3. The molecule has 1 fully saturated rings. The van der Waals surface area contributed by atoms with Gasteiger partial charge in [-0.1, -0.05) is 48.8 Å². The zero-order valence-electron chi connectivity index (χ0n) is 30.8. The first-order chi connectivity index (χ1) is 25.8. The summed E-state index contributed by atoms with van der Waals surface area (Å²) in [6.07, 6.45) is 7.23. The lowest BCUT2D eigenvalue weighted by Gasteiger charge is -2.27. The number of alkyl halides is 1. The van der Waals surface area contributed by atoms with Crippen LogP contribution >= 0.6 is 30.7 Å². The Morgan fingerprint density at radius 3 is 2.43 bits per heavy atom. The Hall–Kier alpha value is -4.01. The van der Waals surface area contributed by atoms with Gasteiger partial charge in [-0.3, -0.25) is 29.0 Å². The molecule has 1 saturated carbocycles. The van der Waals surface area contributed by atoms with Crippen LogP contribution in [-0.4, -0.2) is 59.4 Å². The van der Waals surface area contributed by atoms with Gasteiger partial charge in [0.2, 0.25) is 11.8 Å². The quantitative estimate of drug-likeness (QED) is 0.0324. The standard InChI is InChI=1S/C37H49ClN5O9PS/c1-25(29-13-17-34(32(22-29)36(39)45)50-23-28-9-5-4-6-10-28)40-37(46)33(41-26(2)44)21-27-11-14-30(15-12-27)52-53(49,42(3)20-8-7-19-38)51-24-31-16-18-35(54-31)43(47)48/h11-18,22,25,28,33H,4-10,19-21,23-24H2,1-3H3,(H2,39,45)(H,40,46)(H,41,44). The summed E-state index contributed by atoms with van der Waals surface area (Å²) < 4.78 is 33.3. The summed E-state index contributed by atoms with van der Waals surface area (Å²) in [5.41, 5.74) is 7.25. The number of nitrogens with one attached hydrogen (secondary N) is 2. The number of amides is 3. The number of unbranched alkanes of at least 4 members (excludes halogenated alkanes) is 1. The van der Waals surface area contributed by atoms with E-state index >= 15 is 0 Å². The fraction of sp³-hybridized carbons (Fsp3) is 0.486. The fourth-order valence-corrected chi connectivity index (χ4v) is 8.52. The summed E-state index contributed by atoms with van der Waals surface area (Å²) in [6.45, 7) is 3.80. The van der Waals surface area contributed by atoms with Crippen LogP contribution < -0.4 is 25.6 Å². The van der Waals surface area contributed by atoms with Crippen LogP contribution in [-0.2, 0) is 31.7 Å². The van der Waals surface area contributed by atoms with E-state index in [1.54, 1.807) is 62.5 Å². The second-order valence-electron chi connectivity index (χ2n) is 13.4. The van der Waals surface area contributed by atoms with Crippen molar-refractivity contribution in [3.8, 4) is 11.5 Å². The van der Waals surface area contributed by atoms with Crippen molar-refractivity contribution in [1.29, 1.82) is 0 Å². The molecule has 0 aliphatic heterocycles. The van der Waals surface area contributed by atoms with Gasteiger partial charge in [0.25, 0.3) is 5.91 Å². The van der Waals surface area contributed by atoms with Crippen molar-refractivity contribution in [2.24, 2.45) is 11.7 Å². The SMILES string of the molecule is CC(=O)NC(Cc1ccc(OP(=O)(OCc2ccc([N+](=O)[O-])s2)N(C)CCCCCl)cc1)C(=O)NC(C)c1ccc(OCC2CCCCC2)c(C(N)=O)c1. The Kier molecular flexibility index (Phi) is 16.3. The van der Waals surface area contributed by atoms with E-state index in [0.29, 0.717) is 59.5 Å². The van der Waals surface area contributed by atoms with E-state index in [1.165, 1.54) is 36.9 Å². The highest BCUT2D eigenvalue weighted by Crippen LogP contribution is 2.52. The molecule has 0 saturated heterocycles. The van der Waals surface area contributed by atoms with Crippen molar-refractivity contribution in [2.45, 2.75) is 83.9 Å². The van der Waals surface area contributed by atoms with E-state index < -0.39 is 42.5 Å². The molecular weight excluding hydrogens is 757 g/mol. The number of rotatable bonds is 21. The first-order valence-corrected chi connectivity index (χ1v) is 20.8. The van der Waals surface area contributed by atoms with Gasteiger partial charge in [0.05, 0.1) is 29.7 Å². The number of hydrogen-bond acceptors (Lipinski definition) is 10. The minimum atomic E-state index is -3.93. The van der Waals surface area contributed by atoms with Crippen molar-refractivity contribution in [1.82, 2.24) is 15.3 Å². The highest BCUT2D eigenvalue weighted by Gasteiger charge is 2.33. The lowest BCUT2D eigenvalue weighted by atomic mass is 9.90. The Balaban J connectivity index is 1.42. The molecule has 4 rings (SSSR count). The number of thiophene rings is 1. The Bertz CT molecular complexity index is 1790. The lowest BCUT2D eigenvalue weighted by molar-refractivity contribution is -0.380. The smallest absolute Gasteiger partial charge is 0.461 e. The van der Waals surface area contributed by atoms with Crippen molar-refractivity contribution in [3.63, 3.8) is 0 Å². The number of nitrogens with zero attached hydrogens (tertiary/aromatic N) is 2. The number of carbonyl (C=O) groups excluding carboxylic acids is 3. The van der Waals surface area contributed by atoms with E-state index in [-0.39, 0.29) is 29.3 Å². The van der Waals surface area contributed by atoms with Crippen LogP contribution in [0.3, 0.4) is 0 Å². The Morgan fingerprint density at radius 2 is 1.80 bits per heavy atom. The monoisotopic (exact) mass is 805 g/mol. The highest BCUT2D eigenvalue weighted by molar-refractivity contribution is 7.51. The second kappa shape index (κ2) is 20.6. The molecule has 17 heteroatoms. The molecule has 3 unspecified atom stereocenters. The summed E-state index contributed by atoms with van der Waals surface area (Å²) in [5, 5.41) is 16.7. The van der Waals surface area contributed by atoms with Gasteiger partial charge in [-0.05, 0) is 87.0 Å². The maximum atomic E-state index is 14.0.